The molecular weight excluding hydrogens is 402 g/mol. The lowest BCUT2D eigenvalue weighted by Gasteiger charge is -2.18. The highest BCUT2D eigenvalue weighted by Crippen LogP contribution is 2.37. The fraction of sp³-hybridized carbons (Fsp3) is 0.261. The van der Waals surface area contributed by atoms with E-state index in [-0.39, 0.29) is 12.5 Å². The highest BCUT2D eigenvalue weighted by atomic mass is 19.2. The van der Waals surface area contributed by atoms with Crippen LogP contribution >= 0.6 is 0 Å². The number of aromatic nitrogens is 3. The summed E-state index contributed by atoms with van der Waals surface area (Å²) in [6, 6.07) is 7.21. The number of allylic oxidation sites excluding steroid dienone is 4. The average Bonchev–Trinajstić information content (AvgIpc) is 2.76. The van der Waals surface area contributed by atoms with Crippen LogP contribution in [0, 0.1) is 0 Å². The molecule has 4 rings (SSSR count). The Morgan fingerprint density at radius 1 is 1.10 bits per heavy atom. The summed E-state index contributed by atoms with van der Waals surface area (Å²) in [5, 5.41) is 3.82. The first-order chi connectivity index (χ1) is 14.9. The molecule has 160 valence electrons. The Hall–Kier alpha value is -3.55. The van der Waals surface area contributed by atoms with E-state index in [1.807, 2.05) is 19.9 Å². The van der Waals surface area contributed by atoms with Gasteiger partial charge in [0.2, 0.25) is 0 Å². The molecule has 1 N–H and O–H groups in total. The zero-order valence-corrected chi connectivity index (χ0v) is 17.4. The van der Waals surface area contributed by atoms with Gasteiger partial charge in [0.05, 0.1) is 18.7 Å². The van der Waals surface area contributed by atoms with E-state index in [1.54, 1.807) is 37.7 Å². The maximum atomic E-state index is 13.8. The molecule has 1 aliphatic carbocycles. The topological polar surface area (TPSA) is 69.2 Å². The summed E-state index contributed by atoms with van der Waals surface area (Å²) < 4.78 is 38.6. The maximum Gasteiger partial charge on any atom is 0.163 e. The smallest absolute Gasteiger partial charge is 0.163 e. The molecule has 1 aromatic carbocycles. The van der Waals surface area contributed by atoms with Gasteiger partial charge in [-0.2, -0.15) is 0 Å². The predicted molar refractivity (Wildman–Crippen MR) is 115 cm³/mol. The lowest BCUT2D eigenvalue weighted by atomic mass is 10.1. The summed E-state index contributed by atoms with van der Waals surface area (Å²) in [6.45, 7) is 3.84. The van der Waals surface area contributed by atoms with Crippen LogP contribution in [-0.2, 0) is 0 Å². The van der Waals surface area contributed by atoms with Gasteiger partial charge in [0.15, 0.2) is 23.2 Å². The van der Waals surface area contributed by atoms with E-state index in [4.69, 9.17) is 9.47 Å². The van der Waals surface area contributed by atoms with Crippen molar-refractivity contribution < 1.29 is 18.3 Å². The quantitative estimate of drug-likeness (QED) is 0.545. The minimum atomic E-state index is -0.870. The fourth-order valence-corrected chi connectivity index (χ4v) is 3.28. The number of rotatable bonds is 6. The molecule has 0 saturated heterocycles. The van der Waals surface area contributed by atoms with E-state index in [0.717, 1.165) is 11.6 Å². The molecule has 0 fully saturated rings. The first-order valence-electron chi connectivity index (χ1n) is 9.93. The highest BCUT2D eigenvalue weighted by Gasteiger charge is 2.18. The number of nitrogens with zero attached hydrogens (tertiary/aromatic N) is 3. The number of nitrogens with one attached hydrogen (secondary N) is 1. The van der Waals surface area contributed by atoms with Gasteiger partial charge in [0.1, 0.15) is 11.6 Å². The number of fused-ring (bicyclic) bond motifs is 1. The molecular formula is C23H22F2N4O2. The Morgan fingerprint density at radius 2 is 1.94 bits per heavy atom. The van der Waals surface area contributed by atoms with E-state index in [1.165, 1.54) is 0 Å². The number of hydrogen-bond acceptors (Lipinski definition) is 6. The molecule has 0 atom stereocenters. The number of hydrogen-bond donors (Lipinski definition) is 1. The first kappa shape index (κ1) is 20.7. The molecule has 2 aromatic heterocycles. The molecule has 0 saturated carbocycles. The van der Waals surface area contributed by atoms with Crippen LogP contribution in [0.1, 0.15) is 26.7 Å². The van der Waals surface area contributed by atoms with Gasteiger partial charge in [-0.1, -0.05) is 0 Å². The molecule has 8 heteroatoms. The fourth-order valence-electron chi connectivity index (χ4n) is 3.28. The second kappa shape index (κ2) is 8.67. The number of anilines is 1. The second-order valence-electron chi connectivity index (χ2n) is 7.37. The average molecular weight is 424 g/mol. The van der Waals surface area contributed by atoms with Crippen molar-refractivity contribution in [1.82, 2.24) is 15.0 Å². The lowest BCUT2D eigenvalue weighted by molar-refractivity contribution is 0.230. The van der Waals surface area contributed by atoms with Crippen LogP contribution in [0.25, 0.3) is 22.3 Å². The Balaban J connectivity index is 1.88. The molecule has 31 heavy (non-hydrogen) atoms. The third-order valence-corrected chi connectivity index (χ3v) is 4.72. The van der Waals surface area contributed by atoms with Crippen molar-refractivity contribution >= 4 is 16.7 Å². The molecule has 3 aromatic rings. The molecule has 1 aliphatic rings. The number of halogens is 2. The normalized spacial score (nSPS) is 14.1. The Labute approximate surface area is 178 Å². The van der Waals surface area contributed by atoms with Crippen LogP contribution < -0.4 is 14.8 Å². The number of pyridine rings is 1. The molecule has 0 amide bonds. The SMILES string of the molecule is COc1cc2nc(-c3cccnc3)nc(NC3=CC(F)=C(F)CC3)c2cc1OC(C)C. The van der Waals surface area contributed by atoms with Crippen molar-refractivity contribution in [3.05, 3.63) is 60.1 Å². The van der Waals surface area contributed by atoms with E-state index in [2.05, 4.69) is 20.3 Å². The van der Waals surface area contributed by atoms with E-state index in [9.17, 15) is 8.78 Å². The monoisotopic (exact) mass is 424 g/mol. The van der Waals surface area contributed by atoms with E-state index >= 15 is 0 Å². The van der Waals surface area contributed by atoms with Crippen molar-refractivity contribution in [2.45, 2.75) is 32.8 Å². The van der Waals surface area contributed by atoms with E-state index in [0.29, 0.717) is 46.2 Å². The molecule has 2 heterocycles. The third kappa shape index (κ3) is 4.47. The maximum absolute atomic E-state index is 13.8. The molecule has 0 aliphatic heterocycles. The molecule has 0 bridgehead atoms. The summed E-state index contributed by atoms with van der Waals surface area (Å²) in [5.41, 5.74) is 1.87. The zero-order chi connectivity index (χ0) is 22.0. The van der Waals surface area contributed by atoms with Gasteiger partial charge in [-0.3, -0.25) is 4.98 Å². The van der Waals surface area contributed by atoms with E-state index < -0.39 is 11.7 Å². The van der Waals surface area contributed by atoms with Crippen LogP contribution in [0.15, 0.2) is 60.1 Å². The number of ether oxygens (including phenoxy) is 2. The van der Waals surface area contributed by atoms with Crippen molar-refractivity contribution in [2.75, 3.05) is 12.4 Å². The second-order valence-corrected chi connectivity index (χ2v) is 7.37. The van der Waals surface area contributed by atoms with Gasteiger partial charge in [-0.15, -0.1) is 0 Å². The standard InChI is InChI=1S/C23H22F2N4O2/c1-13(2)31-21-10-16-19(11-20(21)30-3)28-22(14-5-4-8-26-12-14)29-23(16)27-15-6-7-17(24)18(25)9-15/h4-5,8-13H,6-7H2,1-3H3,(H,27,28,29). The van der Waals surface area contributed by atoms with Crippen LogP contribution in [0.4, 0.5) is 14.6 Å². The minimum absolute atomic E-state index is 0.00131. The van der Waals surface area contributed by atoms with Crippen molar-refractivity contribution in [1.29, 1.82) is 0 Å². The number of methoxy groups -OCH3 is 1. The van der Waals surface area contributed by atoms with Crippen LogP contribution in [0.3, 0.4) is 0 Å². The molecule has 0 radical (unpaired) electrons. The Morgan fingerprint density at radius 3 is 2.61 bits per heavy atom. The summed E-state index contributed by atoms with van der Waals surface area (Å²) in [4.78, 5) is 13.5. The van der Waals surface area contributed by atoms with Gasteiger partial charge in [-0.25, -0.2) is 18.7 Å². The van der Waals surface area contributed by atoms with Gasteiger partial charge in [0.25, 0.3) is 0 Å². The molecule has 0 unspecified atom stereocenters. The van der Waals surface area contributed by atoms with Gasteiger partial charge >= 0.3 is 0 Å². The van der Waals surface area contributed by atoms with Crippen LogP contribution in [-0.4, -0.2) is 28.2 Å². The van der Waals surface area contributed by atoms with Gasteiger partial charge in [0, 0.05) is 41.5 Å². The minimum Gasteiger partial charge on any atom is -0.493 e. The third-order valence-electron chi connectivity index (χ3n) is 4.72. The Bertz CT molecular complexity index is 1180. The zero-order valence-electron chi connectivity index (χ0n) is 17.4. The van der Waals surface area contributed by atoms with Gasteiger partial charge < -0.3 is 14.8 Å². The summed E-state index contributed by atoms with van der Waals surface area (Å²) in [7, 11) is 1.56. The lowest BCUT2D eigenvalue weighted by Crippen LogP contribution is -2.09. The first-order valence-corrected chi connectivity index (χ1v) is 9.93. The number of benzene rings is 1. The predicted octanol–water partition coefficient (Wildman–Crippen LogP) is 5.73. The molecule has 0 spiro atoms. The van der Waals surface area contributed by atoms with Crippen molar-refractivity contribution in [3.8, 4) is 22.9 Å². The molecule has 6 nitrogen and oxygen atoms in total. The summed E-state index contributed by atoms with van der Waals surface area (Å²) in [6.07, 6.45) is 4.75. The highest BCUT2D eigenvalue weighted by molar-refractivity contribution is 5.93. The largest absolute Gasteiger partial charge is 0.493 e. The summed E-state index contributed by atoms with van der Waals surface area (Å²) >= 11 is 0. The van der Waals surface area contributed by atoms with Crippen molar-refractivity contribution in [3.63, 3.8) is 0 Å². The summed E-state index contributed by atoms with van der Waals surface area (Å²) in [5.74, 6) is 0.371. The van der Waals surface area contributed by atoms with Gasteiger partial charge in [-0.05, 0) is 44.5 Å². The van der Waals surface area contributed by atoms with Crippen LogP contribution in [0.5, 0.6) is 11.5 Å². The Kier molecular flexibility index (Phi) is 5.79. The van der Waals surface area contributed by atoms with Crippen LogP contribution in [0.2, 0.25) is 0 Å². The van der Waals surface area contributed by atoms with Crippen molar-refractivity contribution in [2.24, 2.45) is 0 Å².